The van der Waals surface area contributed by atoms with Gasteiger partial charge in [-0.3, -0.25) is 5.43 Å². The van der Waals surface area contributed by atoms with Crippen LogP contribution >= 0.6 is 0 Å². The topological polar surface area (TPSA) is 42.8 Å². The summed E-state index contributed by atoms with van der Waals surface area (Å²) in [7, 11) is 0. The predicted molar refractivity (Wildman–Crippen MR) is 91.0 cm³/mol. The molecule has 2 rings (SSSR count). The summed E-state index contributed by atoms with van der Waals surface area (Å²) in [5.74, 6) is -0.0485. The van der Waals surface area contributed by atoms with Crippen molar-refractivity contribution in [3.63, 3.8) is 0 Å². The Morgan fingerprint density at radius 1 is 1.00 bits per heavy atom. The van der Waals surface area contributed by atoms with Gasteiger partial charge in [-0.15, -0.1) is 0 Å². The van der Waals surface area contributed by atoms with Crippen LogP contribution in [0.15, 0.2) is 41.5 Å². The van der Waals surface area contributed by atoms with Gasteiger partial charge in [-0.1, -0.05) is 0 Å². The molecule has 0 aliphatic heterocycles. The molecule has 0 bridgehead atoms. The normalized spacial score (nSPS) is 11.3. The molecule has 2 aromatic carbocycles. The van der Waals surface area contributed by atoms with Crippen LogP contribution in [0.4, 0.5) is 14.5 Å². The van der Waals surface area contributed by atoms with Crippen molar-refractivity contribution in [2.75, 3.05) is 18.6 Å². The van der Waals surface area contributed by atoms with Crippen molar-refractivity contribution in [2.45, 2.75) is 20.8 Å². The number of hydrazone groups is 1. The van der Waals surface area contributed by atoms with Gasteiger partial charge in [-0.2, -0.15) is 5.10 Å². The average Bonchev–Trinajstić information content (AvgIpc) is 2.56. The van der Waals surface area contributed by atoms with Crippen LogP contribution in [0.3, 0.4) is 0 Å². The second-order valence-corrected chi connectivity index (χ2v) is 4.96. The second kappa shape index (κ2) is 8.29. The van der Waals surface area contributed by atoms with Crippen molar-refractivity contribution in [3.05, 3.63) is 53.6 Å². The molecule has 0 amide bonds. The highest BCUT2D eigenvalue weighted by atomic mass is 19.1. The smallest absolute Gasteiger partial charge is 0.161 e. The Hall–Kier alpha value is -2.63. The largest absolute Gasteiger partial charge is 0.490 e. The van der Waals surface area contributed by atoms with Gasteiger partial charge >= 0.3 is 0 Å². The van der Waals surface area contributed by atoms with E-state index in [2.05, 4.69) is 10.5 Å². The molecule has 0 heterocycles. The third-order valence-corrected chi connectivity index (χ3v) is 3.24. The van der Waals surface area contributed by atoms with Crippen molar-refractivity contribution in [1.29, 1.82) is 0 Å². The molecular formula is C18H20F2N2O2. The number of nitrogens with zero attached hydrogens (tertiary/aromatic N) is 1. The van der Waals surface area contributed by atoms with Gasteiger partial charge in [0.15, 0.2) is 17.3 Å². The van der Waals surface area contributed by atoms with Crippen molar-refractivity contribution >= 4 is 11.4 Å². The zero-order chi connectivity index (χ0) is 17.5. The number of hydrogen-bond donors (Lipinski definition) is 1. The molecule has 0 saturated heterocycles. The van der Waals surface area contributed by atoms with Gasteiger partial charge in [0.05, 0.1) is 24.6 Å². The molecule has 24 heavy (non-hydrogen) atoms. The van der Waals surface area contributed by atoms with Crippen LogP contribution < -0.4 is 14.9 Å². The summed E-state index contributed by atoms with van der Waals surface area (Å²) in [5.41, 5.74) is 4.14. The summed E-state index contributed by atoms with van der Waals surface area (Å²) in [6.45, 7) is 6.62. The molecule has 128 valence electrons. The molecule has 0 atom stereocenters. The first kappa shape index (κ1) is 17.7. The molecule has 0 saturated carbocycles. The van der Waals surface area contributed by atoms with Crippen LogP contribution in [0.1, 0.15) is 26.3 Å². The number of ether oxygens (including phenoxy) is 2. The summed E-state index contributed by atoms with van der Waals surface area (Å²) >= 11 is 0. The van der Waals surface area contributed by atoms with Gasteiger partial charge in [-0.05, 0) is 51.1 Å². The van der Waals surface area contributed by atoms with E-state index in [1.165, 1.54) is 12.1 Å². The summed E-state index contributed by atoms with van der Waals surface area (Å²) in [6, 6.07) is 8.73. The van der Waals surface area contributed by atoms with E-state index in [0.29, 0.717) is 30.4 Å². The number of rotatable bonds is 7. The SMILES string of the molecule is CCOc1ccc(/C(C)=N\Nc2ccc(F)cc2F)cc1OCC. The van der Waals surface area contributed by atoms with Gasteiger partial charge in [0.2, 0.25) is 0 Å². The Labute approximate surface area is 140 Å². The number of halogens is 2. The van der Waals surface area contributed by atoms with Crippen LogP contribution in [-0.2, 0) is 0 Å². The molecule has 0 aromatic heterocycles. The van der Waals surface area contributed by atoms with Crippen LogP contribution in [-0.4, -0.2) is 18.9 Å². The van der Waals surface area contributed by atoms with E-state index in [1.54, 1.807) is 13.0 Å². The van der Waals surface area contributed by atoms with Gasteiger partial charge in [0, 0.05) is 11.6 Å². The highest BCUT2D eigenvalue weighted by Crippen LogP contribution is 2.29. The third-order valence-electron chi connectivity index (χ3n) is 3.24. The monoisotopic (exact) mass is 334 g/mol. The van der Waals surface area contributed by atoms with Gasteiger partial charge in [-0.25, -0.2) is 8.78 Å². The predicted octanol–water partition coefficient (Wildman–Crippen LogP) is 4.60. The lowest BCUT2D eigenvalue weighted by Gasteiger charge is -2.12. The Kier molecular flexibility index (Phi) is 6.12. The number of benzene rings is 2. The lowest BCUT2D eigenvalue weighted by molar-refractivity contribution is 0.287. The van der Waals surface area contributed by atoms with Crippen LogP contribution in [0.5, 0.6) is 11.5 Å². The summed E-state index contributed by atoms with van der Waals surface area (Å²) in [6.07, 6.45) is 0. The molecule has 4 nitrogen and oxygen atoms in total. The fourth-order valence-corrected chi connectivity index (χ4v) is 2.06. The van der Waals surface area contributed by atoms with Gasteiger partial charge < -0.3 is 9.47 Å². The molecule has 0 spiro atoms. The van der Waals surface area contributed by atoms with E-state index in [1.807, 2.05) is 26.0 Å². The Bertz CT molecular complexity index is 733. The van der Waals surface area contributed by atoms with Crippen molar-refractivity contribution in [1.82, 2.24) is 0 Å². The van der Waals surface area contributed by atoms with E-state index in [-0.39, 0.29) is 5.69 Å². The quantitative estimate of drug-likeness (QED) is 0.594. The molecule has 0 aliphatic rings. The molecule has 6 heteroatoms. The maximum atomic E-state index is 13.6. The summed E-state index contributed by atoms with van der Waals surface area (Å²) in [4.78, 5) is 0. The van der Waals surface area contributed by atoms with E-state index in [0.717, 1.165) is 11.6 Å². The van der Waals surface area contributed by atoms with Crippen molar-refractivity contribution in [3.8, 4) is 11.5 Å². The van der Waals surface area contributed by atoms with E-state index < -0.39 is 11.6 Å². The summed E-state index contributed by atoms with van der Waals surface area (Å²) < 4.78 is 37.6. The Balaban J connectivity index is 2.21. The first-order valence-corrected chi connectivity index (χ1v) is 7.70. The van der Waals surface area contributed by atoms with Crippen molar-refractivity contribution < 1.29 is 18.3 Å². The van der Waals surface area contributed by atoms with Gasteiger partial charge in [0.25, 0.3) is 0 Å². The van der Waals surface area contributed by atoms with Crippen molar-refractivity contribution in [2.24, 2.45) is 5.10 Å². The lowest BCUT2D eigenvalue weighted by atomic mass is 10.1. The minimum Gasteiger partial charge on any atom is -0.490 e. The first-order valence-electron chi connectivity index (χ1n) is 7.70. The molecule has 1 N–H and O–H groups in total. The molecule has 0 fully saturated rings. The second-order valence-electron chi connectivity index (χ2n) is 4.96. The lowest BCUT2D eigenvalue weighted by Crippen LogP contribution is -2.04. The molecular weight excluding hydrogens is 314 g/mol. The standard InChI is InChI=1S/C18H20F2N2O2/c1-4-23-17-9-6-13(10-18(17)24-5-2)12(3)21-22-16-8-7-14(19)11-15(16)20/h6-11,22H,4-5H2,1-3H3/b21-12-. The first-order chi connectivity index (χ1) is 11.5. The highest BCUT2D eigenvalue weighted by Gasteiger charge is 2.08. The Morgan fingerprint density at radius 2 is 1.71 bits per heavy atom. The van der Waals surface area contributed by atoms with Crippen LogP contribution in [0, 0.1) is 11.6 Å². The third kappa shape index (κ3) is 4.44. The highest BCUT2D eigenvalue weighted by molar-refractivity contribution is 5.99. The molecule has 0 aliphatic carbocycles. The maximum absolute atomic E-state index is 13.6. The van der Waals surface area contributed by atoms with Crippen LogP contribution in [0.25, 0.3) is 0 Å². The number of anilines is 1. The Morgan fingerprint density at radius 3 is 2.38 bits per heavy atom. The maximum Gasteiger partial charge on any atom is 0.161 e. The zero-order valence-corrected chi connectivity index (χ0v) is 13.9. The number of nitrogens with one attached hydrogen (secondary N) is 1. The fourth-order valence-electron chi connectivity index (χ4n) is 2.06. The molecule has 0 radical (unpaired) electrons. The fraction of sp³-hybridized carbons (Fsp3) is 0.278. The van der Waals surface area contributed by atoms with Crippen LogP contribution in [0.2, 0.25) is 0 Å². The summed E-state index contributed by atoms with van der Waals surface area (Å²) in [5, 5.41) is 4.14. The van der Waals surface area contributed by atoms with E-state index in [4.69, 9.17) is 9.47 Å². The van der Waals surface area contributed by atoms with E-state index >= 15 is 0 Å². The van der Waals surface area contributed by atoms with Gasteiger partial charge in [0.1, 0.15) is 5.82 Å². The molecule has 0 unspecified atom stereocenters. The van der Waals surface area contributed by atoms with E-state index in [9.17, 15) is 8.78 Å². The zero-order valence-electron chi connectivity index (χ0n) is 13.9. The number of hydrogen-bond acceptors (Lipinski definition) is 4. The minimum atomic E-state index is -0.701. The molecule has 2 aromatic rings. The minimum absolute atomic E-state index is 0.103. The average molecular weight is 334 g/mol.